The number of hydrogen-bond acceptors (Lipinski definition) is 19. The summed E-state index contributed by atoms with van der Waals surface area (Å²) in [6, 6.07) is 3.58. The number of phenolic OH excluding ortho intramolecular Hbond substituents is 2. The molecular weight excluding hydrogens is 1350 g/mol. The van der Waals surface area contributed by atoms with Crippen molar-refractivity contribution in [1.29, 1.82) is 0 Å². The maximum atomic E-state index is 15.0. The molecule has 13 amide bonds. The molecule has 3 fully saturated rings. The number of nitrogens with one attached hydrogen (secondary N) is 12. The van der Waals surface area contributed by atoms with Gasteiger partial charge in [-0.15, -0.1) is 0 Å². The molecule has 7 rings (SSSR count). The molecule has 19 N–H and O–H groups in total. The van der Waals surface area contributed by atoms with Crippen LogP contribution in [0.15, 0.2) is 79.0 Å². The molecule has 3 aliphatic heterocycles. The summed E-state index contributed by atoms with van der Waals surface area (Å²) in [6.45, 7) is 3.05. The van der Waals surface area contributed by atoms with Crippen molar-refractivity contribution in [2.24, 2.45) is 17.4 Å². The molecule has 32 nitrogen and oxygen atoms in total. The minimum Gasteiger partial charge on any atom is -0.508 e. The first kappa shape index (κ1) is 78.4. The van der Waals surface area contributed by atoms with Crippen LogP contribution in [0.4, 0.5) is 0 Å². The van der Waals surface area contributed by atoms with Gasteiger partial charge in [0.15, 0.2) is 0 Å². The summed E-state index contributed by atoms with van der Waals surface area (Å²) in [6.07, 6.45) is -0.678. The average molecular weight is 1440 g/mol. The Labute approximate surface area is 589 Å². The number of aliphatic carboxylic acids is 1. The Morgan fingerprint density at radius 1 is 0.624 bits per heavy atom. The van der Waals surface area contributed by atoms with Crippen LogP contribution in [0.25, 0.3) is 10.9 Å². The fourth-order valence-corrected chi connectivity index (χ4v) is 13.9. The van der Waals surface area contributed by atoms with Gasteiger partial charge in [-0.25, -0.2) is 0 Å². The number of nitrogens with zero attached hydrogens (tertiary/aromatic N) is 1. The lowest BCUT2D eigenvalue weighted by atomic mass is 10.00. The van der Waals surface area contributed by atoms with E-state index in [0.717, 1.165) is 21.6 Å². The van der Waals surface area contributed by atoms with Gasteiger partial charge in [-0.3, -0.25) is 67.1 Å². The van der Waals surface area contributed by atoms with Crippen molar-refractivity contribution in [2.45, 2.75) is 164 Å². The molecule has 101 heavy (non-hydrogen) atoms. The Morgan fingerprint density at radius 3 is 1.94 bits per heavy atom. The molecule has 34 heteroatoms. The van der Waals surface area contributed by atoms with E-state index in [0.29, 0.717) is 34.0 Å². The van der Waals surface area contributed by atoms with Crippen LogP contribution in [0.2, 0.25) is 0 Å². The van der Waals surface area contributed by atoms with E-state index in [1.54, 1.807) is 44.3 Å². The molecule has 0 spiro atoms. The lowest BCUT2D eigenvalue weighted by Gasteiger charge is -2.29. The van der Waals surface area contributed by atoms with Crippen molar-refractivity contribution < 1.29 is 82.4 Å². The highest BCUT2D eigenvalue weighted by Crippen LogP contribution is 2.26. The number of primary amides is 1. The fraction of sp³-hybridized carbons (Fsp3) is 0.493. The monoisotopic (exact) mass is 1440 g/mol. The van der Waals surface area contributed by atoms with Crippen molar-refractivity contribution >= 4 is 115 Å². The molecule has 4 aromatic rings. The zero-order valence-corrected chi connectivity index (χ0v) is 57.6. The van der Waals surface area contributed by atoms with Crippen molar-refractivity contribution in [3.05, 3.63) is 95.7 Å². The average Bonchev–Trinajstić information content (AvgIpc) is 1.51. The summed E-state index contributed by atoms with van der Waals surface area (Å²) in [4.78, 5) is 202. The number of amides is 13. The summed E-state index contributed by atoms with van der Waals surface area (Å²) in [7, 11) is 1.78. The number of aromatic nitrogens is 1. The van der Waals surface area contributed by atoms with E-state index in [-0.39, 0.29) is 99.9 Å². The van der Waals surface area contributed by atoms with E-state index in [1.165, 1.54) is 53.4 Å². The second-order valence-corrected chi connectivity index (χ2v) is 27.7. The van der Waals surface area contributed by atoms with Gasteiger partial charge < -0.3 is 95.2 Å². The first-order chi connectivity index (χ1) is 48.3. The predicted octanol–water partition coefficient (Wildman–Crippen LogP) is -1.70. The summed E-state index contributed by atoms with van der Waals surface area (Å²) >= 11 is 0. The Bertz CT molecular complexity index is 3640. The zero-order chi connectivity index (χ0) is 73.3. The summed E-state index contributed by atoms with van der Waals surface area (Å²) < 4.78 is 0. The molecule has 0 saturated carbocycles. The molecule has 546 valence electrons. The number of carbonyl (C=O) groups excluding carboxylic acids is 13. The SMILES string of the molecule is CC(C)[C@@H]1NC(=O)[C@@H](NC(=O)[C@H](Cc2ccc(O)cc2)NC(=O)[C@@H]2CCCN2C(=O)CCN)CSSC[C@@H](C(N)=O)NC(=O)[C@@H]2CCC(=O)NCCCC[C@H](NC(=O)[C@H](Cc3ccc(O)cc3)NC1=O)C(=O)NCCC(=O)N[C@@H](CCC(=O)O)C(=O)N[C@@H](Cc1c[nH]c3ccccc13)C(=O)N2. The smallest absolute Gasteiger partial charge is 0.303 e. The lowest BCUT2D eigenvalue weighted by molar-refractivity contribution is -0.139. The molecule has 3 aromatic carbocycles. The number of carboxylic acids is 1. The molecule has 10 atom stereocenters. The molecule has 3 saturated heterocycles. The van der Waals surface area contributed by atoms with Gasteiger partial charge in [0.2, 0.25) is 76.8 Å². The van der Waals surface area contributed by atoms with Crippen LogP contribution in [-0.4, -0.2) is 206 Å². The van der Waals surface area contributed by atoms with Gasteiger partial charge in [-0.1, -0.05) is 77.9 Å². The van der Waals surface area contributed by atoms with E-state index < -0.39 is 182 Å². The van der Waals surface area contributed by atoms with E-state index in [2.05, 4.69) is 63.5 Å². The van der Waals surface area contributed by atoms with Gasteiger partial charge in [0.1, 0.15) is 71.9 Å². The highest BCUT2D eigenvalue weighted by Gasteiger charge is 2.39. The quantitative estimate of drug-likeness (QED) is 0.0524. The first-order valence-corrected chi connectivity index (χ1v) is 35.9. The zero-order valence-electron chi connectivity index (χ0n) is 56.0. The number of phenols is 2. The van der Waals surface area contributed by atoms with Crippen LogP contribution in [0.1, 0.15) is 101 Å². The number of aromatic hydroxyl groups is 2. The largest absolute Gasteiger partial charge is 0.508 e. The van der Waals surface area contributed by atoms with Gasteiger partial charge in [-0.2, -0.15) is 0 Å². The Balaban J connectivity index is 1.28. The third kappa shape index (κ3) is 24.1. The molecule has 1 aromatic heterocycles. The van der Waals surface area contributed by atoms with Crippen molar-refractivity contribution in [1.82, 2.24) is 68.4 Å². The molecule has 4 heterocycles. The number of rotatable bonds is 17. The third-order valence-corrected chi connectivity index (χ3v) is 19.6. The van der Waals surface area contributed by atoms with Crippen molar-refractivity contribution in [3.8, 4) is 11.5 Å². The number of fused-ring (bicyclic) bond motifs is 10. The lowest BCUT2D eigenvalue weighted by Crippen LogP contribution is -2.61. The van der Waals surface area contributed by atoms with Crippen LogP contribution < -0.4 is 70.0 Å². The number of nitrogens with two attached hydrogens (primary N) is 2. The summed E-state index contributed by atoms with van der Waals surface area (Å²) in [5.41, 5.74) is 13.6. The molecule has 0 radical (unpaired) electrons. The van der Waals surface area contributed by atoms with E-state index >= 15 is 0 Å². The number of para-hydroxylation sites is 1. The normalized spacial score (nSPS) is 23.7. The van der Waals surface area contributed by atoms with E-state index in [1.807, 2.05) is 0 Å². The minimum atomic E-state index is -1.65. The predicted molar refractivity (Wildman–Crippen MR) is 371 cm³/mol. The van der Waals surface area contributed by atoms with Crippen molar-refractivity contribution in [3.63, 3.8) is 0 Å². The number of carbonyl (C=O) groups is 14. The van der Waals surface area contributed by atoms with Crippen LogP contribution in [0.3, 0.4) is 0 Å². The Morgan fingerprint density at radius 2 is 1.27 bits per heavy atom. The highest BCUT2D eigenvalue weighted by molar-refractivity contribution is 8.76. The van der Waals surface area contributed by atoms with Gasteiger partial charge in [0, 0.05) is 99.7 Å². The number of likely N-dealkylation sites (tertiary alicyclic amines) is 1. The van der Waals surface area contributed by atoms with Crippen LogP contribution in [-0.2, 0) is 86.4 Å². The second kappa shape index (κ2) is 38.6. The topological polar surface area (TPSA) is 503 Å². The second-order valence-electron chi connectivity index (χ2n) is 25.2. The summed E-state index contributed by atoms with van der Waals surface area (Å²) in [5, 5.41) is 59.9. The molecular formula is C67H89N15O17S2. The fourth-order valence-electron chi connectivity index (χ4n) is 11.6. The number of benzene rings is 3. The van der Waals surface area contributed by atoms with E-state index in [9.17, 15) is 82.4 Å². The van der Waals surface area contributed by atoms with Gasteiger partial charge in [0.25, 0.3) is 0 Å². The van der Waals surface area contributed by atoms with Crippen molar-refractivity contribution in [2.75, 3.05) is 37.7 Å². The van der Waals surface area contributed by atoms with Crippen LogP contribution in [0.5, 0.6) is 11.5 Å². The maximum Gasteiger partial charge on any atom is 0.303 e. The standard InChI is InChI=1S/C67H89N15O17S2/c1-36(2)57-67(99)78-48(31-38-14-18-41(84)19-15-38)62(94)74-44-10-5-6-27-70-53(85)22-20-46(75-64(96)49(32-39-33-72-43-9-4-3-8-42(39)43)76-60(92)45(21-23-56(88)89)73-54(86)25-28-71-59(44)91)61(93)79-50(58(69)90)34-100-101-35-51(65(97)81-57)80-63(95)47(30-37-12-16-40(83)17-13-37)77-66(98)52-11-7-29-82(52)55(87)24-26-68/h3-4,8-9,12-19,33,36,44-52,57,72,83-84H,5-7,10-11,20-32,34-35,68H2,1-2H3,(H2,69,90)(H,70,85)(H,71,91)(H,73,86)(H,74,94)(H,75,96)(H,76,92)(H,77,98)(H,78,99)(H,79,93)(H,80,95)(H,81,97)(H,88,89)/t44-,45-,46-,47-,48-,49-,50-,51-,52-,57-/m0/s1. The highest BCUT2D eigenvalue weighted by atomic mass is 33.1. The Kier molecular flexibility index (Phi) is 29.9. The molecule has 0 unspecified atom stereocenters. The number of hydrogen-bond donors (Lipinski definition) is 17. The molecule has 3 aliphatic rings. The molecule has 0 aliphatic carbocycles. The minimum absolute atomic E-state index is 0.00662. The van der Waals surface area contributed by atoms with Crippen LogP contribution in [0, 0.1) is 5.92 Å². The van der Waals surface area contributed by atoms with Gasteiger partial charge in [-0.05, 0) is 97.9 Å². The van der Waals surface area contributed by atoms with E-state index in [4.69, 9.17) is 11.5 Å². The number of H-pyrrole nitrogens is 1. The number of aromatic amines is 1. The Hall–Kier alpha value is -9.96. The summed E-state index contributed by atoms with van der Waals surface area (Å²) in [5.74, 6) is -14.2. The van der Waals surface area contributed by atoms with Crippen LogP contribution >= 0.6 is 21.6 Å². The third-order valence-electron chi connectivity index (χ3n) is 17.2. The van der Waals surface area contributed by atoms with Gasteiger partial charge in [0.05, 0.1) is 0 Å². The first-order valence-electron chi connectivity index (χ1n) is 33.4. The van der Waals surface area contributed by atoms with Gasteiger partial charge >= 0.3 is 5.97 Å². The number of carboxylic acid groups (broad SMARTS) is 1. The maximum absolute atomic E-state index is 15.0. The molecule has 2 bridgehead atoms.